The zero-order chi connectivity index (χ0) is 17.6. The molecular weight excluding hydrogens is 318 g/mol. The number of hydrogen-bond donors (Lipinski definition) is 1. The van der Waals surface area contributed by atoms with Gasteiger partial charge in [0.1, 0.15) is 18.5 Å². The largest absolute Gasteiger partial charge is 0.363 e. The number of pyridine rings is 1. The van der Waals surface area contributed by atoms with Gasteiger partial charge in [0.15, 0.2) is 0 Å². The molecule has 1 saturated heterocycles. The summed E-state index contributed by atoms with van der Waals surface area (Å²) in [5.41, 5.74) is 0.862. The van der Waals surface area contributed by atoms with E-state index < -0.39 is 0 Å². The number of carbonyl (C=O) groups excluding carboxylic acids is 1. The molecule has 3 heterocycles. The Hall–Kier alpha value is -2.64. The zero-order valence-corrected chi connectivity index (χ0v) is 14.8. The Kier molecular flexibility index (Phi) is 5.47. The second kappa shape index (κ2) is 7.96. The van der Waals surface area contributed by atoms with Crippen LogP contribution in [0.3, 0.4) is 0 Å². The van der Waals surface area contributed by atoms with Crippen molar-refractivity contribution in [2.24, 2.45) is 5.92 Å². The molecule has 0 atom stereocenters. The molecule has 1 aliphatic rings. The van der Waals surface area contributed by atoms with Crippen LogP contribution in [0.15, 0.2) is 30.9 Å². The standard InChI is InChI=1S/C17H25N7O/c1-22(2)16-5-3-4-15(21-16)10-19-17(25)23-8-6-14(7-9-23)11-24-13-18-12-20-24/h3-5,12-14H,6-11H2,1-2H3,(H,19,25). The van der Waals surface area contributed by atoms with Crippen molar-refractivity contribution < 1.29 is 4.79 Å². The minimum Gasteiger partial charge on any atom is -0.363 e. The van der Waals surface area contributed by atoms with E-state index in [-0.39, 0.29) is 6.03 Å². The number of urea groups is 1. The van der Waals surface area contributed by atoms with E-state index in [4.69, 9.17) is 0 Å². The highest BCUT2D eigenvalue weighted by molar-refractivity contribution is 5.74. The molecule has 2 amide bonds. The van der Waals surface area contributed by atoms with Gasteiger partial charge in [-0.2, -0.15) is 5.10 Å². The molecule has 2 aromatic heterocycles. The minimum absolute atomic E-state index is 0.0174. The van der Waals surface area contributed by atoms with Gasteiger partial charge in [-0.25, -0.2) is 14.8 Å². The van der Waals surface area contributed by atoms with Crippen molar-refractivity contribution in [1.82, 2.24) is 30.0 Å². The van der Waals surface area contributed by atoms with E-state index in [0.717, 1.165) is 44.0 Å². The molecule has 0 spiro atoms. The molecule has 1 N–H and O–H groups in total. The Bertz CT molecular complexity index is 678. The van der Waals surface area contributed by atoms with Crippen molar-refractivity contribution >= 4 is 11.8 Å². The highest BCUT2D eigenvalue weighted by atomic mass is 16.2. The molecule has 0 radical (unpaired) electrons. The van der Waals surface area contributed by atoms with Crippen LogP contribution >= 0.6 is 0 Å². The van der Waals surface area contributed by atoms with Crippen LogP contribution in [0.4, 0.5) is 10.6 Å². The van der Waals surface area contributed by atoms with Crippen molar-refractivity contribution in [3.8, 4) is 0 Å². The molecule has 8 nitrogen and oxygen atoms in total. The first-order valence-corrected chi connectivity index (χ1v) is 8.60. The lowest BCUT2D eigenvalue weighted by molar-refractivity contribution is 0.163. The summed E-state index contributed by atoms with van der Waals surface area (Å²) in [6, 6.07) is 5.82. The Labute approximate surface area is 147 Å². The van der Waals surface area contributed by atoms with Crippen LogP contribution in [0.25, 0.3) is 0 Å². The fourth-order valence-corrected chi connectivity index (χ4v) is 3.00. The Morgan fingerprint density at radius 2 is 2.12 bits per heavy atom. The molecule has 8 heteroatoms. The van der Waals surface area contributed by atoms with E-state index in [1.54, 1.807) is 12.7 Å². The first kappa shape index (κ1) is 17.2. The Morgan fingerprint density at radius 3 is 2.80 bits per heavy atom. The number of aromatic nitrogens is 4. The molecule has 0 aliphatic carbocycles. The van der Waals surface area contributed by atoms with Gasteiger partial charge < -0.3 is 15.1 Å². The van der Waals surface area contributed by atoms with Gasteiger partial charge in [-0.15, -0.1) is 0 Å². The van der Waals surface area contributed by atoms with Gasteiger partial charge in [0.25, 0.3) is 0 Å². The van der Waals surface area contributed by atoms with Gasteiger partial charge >= 0.3 is 6.03 Å². The number of piperidine rings is 1. The zero-order valence-electron chi connectivity index (χ0n) is 14.8. The predicted molar refractivity (Wildman–Crippen MR) is 95.1 cm³/mol. The van der Waals surface area contributed by atoms with Crippen molar-refractivity contribution in [3.05, 3.63) is 36.5 Å². The smallest absolute Gasteiger partial charge is 0.317 e. The number of nitrogens with one attached hydrogen (secondary N) is 1. The molecule has 3 rings (SSSR count). The average molecular weight is 343 g/mol. The topological polar surface area (TPSA) is 79.2 Å². The van der Waals surface area contributed by atoms with Gasteiger partial charge in [-0.05, 0) is 30.9 Å². The fraction of sp³-hybridized carbons (Fsp3) is 0.529. The molecule has 1 fully saturated rings. The molecule has 0 unspecified atom stereocenters. The summed E-state index contributed by atoms with van der Waals surface area (Å²) < 4.78 is 1.86. The molecule has 0 aromatic carbocycles. The maximum Gasteiger partial charge on any atom is 0.317 e. The van der Waals surface area contributed by atoms with E-state index in [0.29, 0.717) is 12.5 Å². The van der Waals surface area contributed by atoms with Crippen molar-refractivity contribution in [2.75, 3.05) is 32.1 Å². The van der Waals surface area contributed by atoms with Crippen LogP contribution < -0.4 is 10.2 Å². The van der Waals surface area contributed by atoms with E-state index in [1.165, 1.54) is 0 Å². The number of amides is 2. The lowest BCUT2D eigenvalue weighted by Gasteiger charge is -2.31. The number of anilines is 1. The number of nitrogens with zero attached hydrogens (tertiary/aromatic N) is 6. The summed E-state index contributed by atoms with van der Waals surface area (Å²) >= 11 is 0. The molecule has 134 valence electrons. The maximum atomic E-state index is 12.4. The third-order valence-corrected chi connectivity index (χ3v) is 4.48. The Balaban J connectivity index is 1.44. The molecule has 1 aliphatic heterocycles. The summed E-state index contributed by atoms with van der Waals surface area (Å²) in [7, 11) is 3.91. The summed E-state index contributed by atoms with van der Waals surface area (Å²) in [6.07, 6.45) is 5.28. The van der Waals surface area contributed by atoms with Crippen molar-refractivity contribution in [1.29, 1.82) is 0 Å². The summed E-state index contributed by atoms with van der Waals surface area (Å²) in [6.45, 7) is 2.86. The van der Waals surface area contributed by atoms with Crippen LogP contribution in [0.5, 0.6) is 0 Å². The average Bonchev–Trinajstić information content (AvgIpc) is 3.13. The minimum atomic E-state index is -0.0174. The first-order valence-electron chi connectivity index (χ1n) is 8.60. The highest BCUT2D eigenvalue weighted by Crippen LogP contribution is 2.18. The summed E-state index contributed by atoms with van der Waals surface area (Å²) in [4.78, 5) is 24.7. The van der Waals surface area contributed by atoms with Gasteiger partial charge in [0.2, 0.25) is 0 Å². The monoisotopic (exact) mass is 343 g/mol. The predicted octanol–water partition coefficient (Wildman–Crippen LogP) is 1.36. The number of likely N-dealkylation sites (tertiary alicyclic amines) is 1. The van der Waals surface area contributed by atoms with Crippen molar-refractivity contribution in [3.63, 3.8) is 0 Å². The quantitative estimate of drug-likeness (QED) is 0.887. The van der Waals surface area contributed by atoms with Gasteiger partial charge in [-0.3, -0.25) is 4.68 Å². The fourth-order valence-electron chi connectivity index (χ4n) is 3.00. The van der Waals surface area contributed by atoms with Crippen LogP contribution in [0.1, 0.15) is 18.5 Å². The van der Waals surface area contributed by atoms with Crippen LogP contribution in [-0.4, -0.2) is 57.9 Å². The van der Waals surface area contributed by atoms with E-state index in [2.05, 4.69) is 20.4 Å². The van der Waals surface area contributed by atoms with Crippen LogP contribution in [-0.2, 0) is 13.1 Å². The number of hydrogen-bond acceptors (Lipinski definition) is 5. The molecular formula is C17H25N7O. The van der Waals surface area contributed by atoms with E-state index in [1.807, 2.05) is 46.8 Å². The molecule has 0 bridgehead atoms. The highest BCUT2D eigenvalue weighted by Gasteiger charge is 2.23. The second-order valence-corrected chi connectivity index (χ2v) is 6.59. The summed E-state index contributed by atoms with van der Waals surface area (Å²) in [5, 5.41) is 7.12. The van der Waals surface area contributed by atoms with E-state index in [9.17, 15) is 4.79 Å². The maximum absolute atomic E-state index is 12.4. The Morgan fingerprint density at radius 1 is 1.32 bits per heavy atom. The molecule has 0 saturated carbocycles. The normalized spacial score (nSPS) is 15.2. The first-order chi connectivity index (χ1) is 12.1. The van der Waals surface area contributed by atoms with Gasteiger partial charge in [0.05, 0.1) is 12.2 Å². The second-order valence-electron chi connectivity index (χ2n) is 6.59. The number of rotatable bonds is 5. The lowest BCUT2D eigenvalue weighted by Crippen LogP contribution is -2.44. The third-order valence-electron chi connectivity index (χ3n) is 4.48. The van der Waals surface area contributed by atoms with E-state index >= 15 is 0 Å². The molecule has 25 heavy (non-hydrogen) atoms. The van der Waals surface area contributed by atoms with Gasteiger partial charge in [-0.1, -0.05) is 6.07 Å². The van der Waals surface area contributed by atoms with Crippen LogP contribution in [0.2, 0.25) is 0 Å². The number of carbonyl (C=O) groups is 1. The SMILES string of the molecule is CN(C)c1cccc(CNC(=O)N2CCC(Cn3cncn3)CC2)n1. The third kappa shape index (κ3) is 4.68. The lowest BCUT2D eigenvalue weighted by atomic mass is 9.97. The summed E-state index contributed by atoms with van der Waals surface area (Å²) in [5.74, 6) is 1.44. The van der Waals surface area contributed by atoms with Crippen molar-refractivity contribution in [2.45, 2.75) is 25.9 Å². The molecule has 2 aromatic rings. The van der Waals surface area contributed by atoms with Gasteiger partial charge in [0, 0.05) is 33.7 Å². The van der Waals surface area contributed by atoms with Crippen LogP contribution in [0, 0.1) is 5.92 Å².